The Morgan fingerprint density at radius 3 is 2.63 bits per heavy atom. The Balaban J connectivity index is 2.74. The van der Waals surface area contributed by atoms with Crippen molar-refractivity contribution < 1.29 is 19.8 Å². The SMILES string of the molecule is C=CCN(CCO)C(=O)N1CCC(CC)(C(=O)O)C1. The van der Waals surface area contributed by atoms with E-state index in [2.05, 4.69) is 6.58 Å². The van der Waals surface area contributed by atoms with E-state index in [1.807, 2.05) is 6.92 Å². The molecule has 1 fully saturated rings. The first-order chi connectivity index (χ1) is 9.00. The van der Waals surface area contributed by atoms with Crippen LogP contribution >= 0.6 is 0 Å². The maximum Gasteiger partial charge on any atom is 0.320 e. The molecule has 0 radical (unpaired) electrons. The largest absolute Gasteiger partial charge is 0.481 e. The fourth-order valence-electron chi connectivity index (χ4n) is 2.39. The van der Waals surface area contributed by atoms with Gasteiger partial charge in [0.15, 0.2) is 0 Å². The summed E-state index contributed by atoms with van der Waals surface area (Å²) in [5, 5.41) is 18.3. The van der Waals surface area contributed by atoms with Crippen molar-refractivity contribution in [3.05, 3.63) is 12.7 Å². The molecule has 6 nitrogen and oxygen atoms in total. The van der Waals surface area contributed by atoms with Crippen LogP contribution in [0.5, 0.6) is 0 Å². The molecular formula is C13H22N2O4. The minimum atomic E-state index is -0.845. The van der Waals surface area contributed by atoms with Gasteiger partial charge in [0, 0.05) is 26.2 Å². The van der Waals surface area contributed by atoms with Crippen LogP contribution in [0.15, 0.2) is 12.7 Å². The van der Waals surface area contributed by atoms with Crippen molar-refractivity contribution in [2.45, 2.75) is 19.8 Å². The molecule has 2 amide bonds. The van der Waals surface area contributed by atoms with Gasteiger partial charge in [-0.3, -0.25) is 4.79 Å². The highest BCUT2D eigenvalue weighted by molar-refractivity contribution is 5.79. The monoisotopic (exact) mass is 270 g/mol. The molecule has 0 aromatic carbocycles. The van der Waals surface area contributed by atoms with E-state index in [1.54, 1.807) is 11.0 Å². The quantitative estimate of drug-likeness (QED) is 0.699. The van der Waals surface area contributed by atoms with Gasteiger partial charge in [-0.15, -0.1) is 6.58 Å². The molecule has 1 unspecified atom stereocenters. The van der Waals surface area contributed by atoms with E-state index >= 15 is 0 Å². The number of aliphatic hydroxyl groups is 1. The fraction of sp³-hybridized carbons (Fsp3) is 0.692. The second kappa shape index (κ2) is 6.56. The van der Waals surface area contributed by atoms with Gasteiger partial charge < -0.3 is 20.0 Å². The van der Waals surface area contributed by atoms with Gasteiger partial charge in [-0.1, -0.05) is 13.0 Å². The maximum absolute atomic E-state index is 12.3. The number of nitrogens with zero attached hydrogens (tertiary/aromatic N) is 2. The van der Waals surface area contributed by atoms with Crippen LogP contribution in [0.25, 0.3) is 0 Å². The summed E-state index contributed by atoms with van der Waals surface area (Å²) in [6.07, 6.45) is 2.58. The summed E-state index contributed by atoms with van der Waals surface area (Å²) in [6.45, 7) is 6.54. The molecule has 1 heterocycles. The highest BCUT2D eigenvalue weighted by Crippen LogP contribution is 2.34. The summed E-state index contributed by atoms with van der Waals surface area (Å²) in [7, 11) is 0. The number of hydrogen-bond donors (Lipinski definition) is 2. The number of likely N-dealkylation sites (tertiary alicyclic amines) is 1. The van der Waals surface area contributed by atoms with Crippen LogP contribution in [0.1, 0.15) is 19.8 Å². The predicted molar refractivity (Wildman–Crippen MR) is 70.8 cm³/mol. The van der Waals surface area contributed by atoms with Crippen LogP contribution in [0, 0.1) is 5.41 Å². The lowest BCUT2D eigenvalue weighted by Crippen LogP contribution is -2.45. The summed E-state index contributed by atoms with van der Waals surface area (Å²) in [4.78, 5) is 26.6. The van der Waals surface area contributed by atoms with Crippen molar-refractivity contribution in [2.75, 3.05) is 32.8 Å². The van der Waals surface area contributed by atoms with E-state index in [4.69, 9.17) is 5.11 Å². The molecule has 0 aliphatic carbocycles. The molecule has 0 bridgehead atoms. The topological polar surface area (TPSA) is 81.1 Å². The minimum absolute atomic E-state index is 0.120. The van der Waals surface area contributed by atoms with Crippen molar-refractivity contribution >= 4 is 12.0 Å². The zero-order chi connectivity index (χ0) is 14.5. The Kier molecular flexibility index (Phi) is 5.35. The lowest BCUT2D eigenvalue weighted by molar-refractivity contribution is -0.148. The van der Waals surface area contributed by atoms with Crippen LogP contribution in [0.3, 0.4) is 0 Å². The van der Waals surface area contributed by atoms with Crippen LogP contribution in [-0.2, 0) is 4.79 Å². The van der Waals surface area contributed by atoms with E-state index in [-0.39, 0.29) is 25.7 Å². The number of carboxylic acid groups (broad SMARTS) is 1. The number of amides is 2. The molecule has 1 rings (SSSR count). The van der Waals surface area contributed by atoms with Gasteiger partial charge in [-0.25, -0.2) is 4.79 Å². The van der Waals surface area contributed by atoms with E-state index in [9.17, 15) is 14.7 Å². The average Bonchev–Trinajstić information content (AvgIpc) is 2.83. The summed E-state index contributed by atoms with van der Waals surface area (Å²) in [5.74, 6) is -0.845. The Labute approximate surface area is 113 Å². The normalized spacial score (nSPS) is 22.3. The van der Waals surface area contributed by atoms with E-state index in [0.717, 1.165) is 0 Å². The third-order valence-corrected chi connectivity index (χ3v) is 3.74. The van der Waals surface area contributed by atoms with Crippen LogP contribution in [0.2, 0.25) is 0 Å². The number of rotatable bonds is 6. The van der Waals surface area contributed by atoms with Gasteiger partial charge >= 0.3 is 12.0 Å². The molecule has 0 aromatic heterocycles. The summed E-state index contributed by atoms with van der Waals surface area (Å²) in [5.41, 5.74) is -0.825. The predicted octanol–water partition coefficient (Wildman–Crippen LogP) is 0.773. The fourth-order valence-corrected chi connectivity index (χ4v) is 2.39. The highest BCUT2D eigenvalue weighted by atomic mass is 16.4. The molecule has 1 aliphatic heterocycles. The molecule has 1 aliphatic rings. The number of carbonyl (C=O) groups is 2. The lowest BCUT2D eigenvalue weighted by atomic mass is 9.84. The van der Waals surface area contributed by atoms with Crippen LogP contribution in [0.4, 0.5) is 4.79 Å². The molecule has 108 valence electrons. The average molecular weight is 270 g/mol. The second-order valence-electron chi connectivity index (χ2n) is 4.85. The van der Waals surface area contributed by atoms with Crippen LogP contribution < -0.4 is 0 Å². The molecule has 1 atom stereocenters. The Bertz CT molecular complexity index is 359. The van der Waals surface area contributed by atoms with Crippen molar-refractivity contribution in [3.8, 4) is 0 Å². The second-order valence-corrected chi connectivity index (χ2v) is 4.85. The molecule has 2 N–H and O–H groups in total. The first-order valence-corrected chi connectivity index (χ1v) is 6.49. The first-order valence-electron chi connectivity index (χ1n) is 6.49. The highest BCUT2D eigenvalue weighted by Gasteiger charge is 2.45. The number of carbonyl (C=O) groups excluding carboxylic acids is 1. The van der Waals surface area contributed by atoms with Gasteiger partial charge in [0.25, 0.3) is 0 Å². The van der Waals surface area contributed by atoms with Gasteiger partial charge in [0.1, 0.15) is 0 Å². The standard InChI is InChI=1S/C13H22N2O4/c1-3-6-14(8-9-16)12(19)15-7-5-13(4-2,10-15)11(17)18/h3,16H,1,4-10H2,2H3,(H,17,18). The van der Waals surface area contributed by atoms with Crippen molar-refractivity contribution in [2.24, 2.45) is 5.41 Å². The molecule has 0 saturated carbocycles. The lowest BCUT2D eigenvalue weighted by Gasteiger charge is -2.28. The van der Waals surface area contributed by atoms with Crippen molar-refractivity contribution in [1.29, 1.82) is 0 Å². The van der Waals surface area contributed by atoms with Gasteiger partial charge in [-0.05, 0) is 12.8 Å². The summed E-state index contributed by atoms with van der Waals surface area (Å²) < 4.78 is 0. The van der Waals surface area contributed by atoms with E-state index < -0.39 is 11.4 Å². The number of aliphatic carboxylic acids is 1. The van der Waals surface area contributed by atoms with Crippen LogP contribution in [-0.4, -0.2) is 64.8 Å². The molecule has 6 heteroatoms. The van der Waals surface area contributed by atoms with Gasteiger partial charge in [0.05, 0.1) is 12.0 Å². The molecule has 1 saturated heterocycles. The number of carboxylic acids is 1. The number of aliphatic hydroxyl groups excluding tert-OH is 1. The maximum atomic E-state index is 12.3. The summed E-state index contributed by atoms with van der Waals surface area (Å²) >= 11 is 0. The smallest absolute Gasteiger partial charge is 0.320 e. The van der Waals surface area contributed by atoms with Crippen molar-refractivity contribution in [1.82, 2.24) is 9.80 Å². The number of urea groups is 1. The Hall–Kier alpha value is -1.56. The Morgan fingerprint density at radius 1 is 1.53 bits per heavy atom. The molecule has 0 aromatic rings. The molecule has 19 heavy (non-hydrogen) atoms. The zero-order valence-electron chi connectivity index (χ0n) is 11.3. The first kappa shape index (κ1) is 15.5. The third kappa shape index (κ3) is 3.26. The Morgan fingerprint density at radius 2 is 2.21 bits per heavy atom. The van der Waals surface area contributed by atoms with Gasteiger partial charge in [-0.2, -0.15) is 0 Å². The van der Waals surface area contributed by atoms with E-state index in [0.29, 0.717) is 25.9 Å². The molecular weight excluding hydrogens is 248 g/mol. The molecule has 0 spiro atoms. The number of hydrogen-bond acceptors (Lipinski definition) is 3. The minimum Gasteiger partial charge on any atom is -0.481 e. The van der Waals surface area contributed by atoms with Gasteiger partial charge in [0.2, 0.25) is 0 Å². The van der Waals surface area contributed by atoms with E-state index in [1.165, 1.54) is 4.90 Å². The third-order valence-electron chi connectivity index (χ3n) is 3.74. The van der Waals surface area contributed by atoms with Crippen molar-refractivity contribution in [3.63, 3.8) is 0 Å². The summed E-state index contributed by atoms with van der Waals surface area (Å²) in [6, 6.07) is -0.231. The zero-order valence-corrected chi connectivity index (χ0v) is 11.3.